The van der Waals surface area contributed by atoms with E-state index >= 15 is 0 Å². The molecule has 1 atom stereocenters. The Morgan fingerprint density at radius 3 is 2.68 bits per heavy atom. The van der Waals surface area contributed by atoms with E-state index in [-0.39, 0.29) is 11.1 Å². The quantitative estimate of drug-likeness (QED) is 0.673. The second kappa shape index (κ2) is 6.55. The van der Waals surface area contributed by atoms with Crippen LogP contribution in [0.1, 0.15) is 23.4 Å². The van der Waals surface area contributed by atoms with E-state index in [4.69, 9.17) is 23.2 Å². The molecule has 0 aliphatic heterocycles. The molecule has 1 nitrogen and oxygen atoms in total. The lowest BCUT2D eigenvalue weighted by atomic mass is 10.0. The SMILES string of the molecule is CCNC(c1ccc(Br)c(Cl)c1F)c1sccc1Cl. The van der Waals surface area contributed by atoms with Gasteiger partial charge in [-0.25, -0.2) is 4.39 Å². The van der Waals surface area contributed by atoms with Crippen molar-refractivity contribution in [2.45, 2.75) is 13.0 Å². The van der Waals surface area contributed by atoms with Crippen molar-refractivity contribution in [2.24, 2.45) is 0 Å². The van der Waals surface area contributed by atoms with Gasteiger partial charge in [-0.2, -0.15) is 0 Å². The summed E-state index contributed by atoms with van der Waals surface area (Å²) in [5.41, 5.74) is 0.499. The molecule has 0 radical (unpaired) electrons. The van der Waals surface area contributed by atoms with Gasteiger partial charge in [0.1, 0.15) is 5.82 Å². The molecule has 2 aromatic rings. The molecule has 0 aliphatic rings. The highest BCUT2D eigenvalue weighted by Crippen LogP contribution is 2.37. The number of nitrogens with one attached hydrogen (secondary N) is 1. The zero-order chi connectivity index (χ0) is 14.0. The second-order valence-electron chi connectivity index (χ2n) is 3.89. The first kappa shape index (κ1) is 15.3. The van der Waals surface area contributed by atoms with Crippen LogP contribution in [0.2, 0.25) is 10.0 Å². The Labute approximate surface area is 133 Å². The van der Waals surface area contributed by atoms with Crippen LogP contribution in [-0.4, -0.2) is 6.54 Å². The van der Waals surface area contributed by atoms with E-state index in [1.165, 1.54) is 11.3 Å². The van der Waals surface area contributed by atoms with Crippen LogP contribution in [0.4, 0.5) is 4.39 Å². The highest BCUT2D eigenvalue weighted by Gasteiger charge is 2.22. The minimum atomic E-state index is -0.425. The molecule has 1 N–H and O–H groups in total. The van der Waals surface area contributed by atoms with Crippen molar-refractivity contribution in [3.8, 4) is 0 Å². The Kier molecular flexibility index (Phi) is 5.26. The maximum absolute atomic E-state index is 14.3. The number of rotatable bonds is 4. The summed E-state index contributed by atoms with van der Waals surface area (Å²) < 4.78 is 14.9. The average molecular weight is 383 g/mol. The van der Waals surface area contributed by atoms with Crippen molar-refractivity contribution in [1.29, 1.82) is 0 Å². The molecule has 1 aromatic carbocycles. The summed E-state index contributed by atoms with van der Waals surface area (Å²) in [6.45, 7) is 2.67. The molecular formula is C13H11BrCl2FNS. The molecule has 19 heavy (non-hydrogen) atoms. The van der Waals surface area contributed by atoms with Gasteiger partial charge in [0.05, 0.1) is 16.1 Å². The molecule has 0 fully saturated rings. The van der Waals surface area contributed by atoms with Crippen molar-refractivity contribution in [3.63, 3.8) is 0 Å². The van der Waals surface area contributed by atoms with E-state index in [0.717, 1.165) is 4.88 Å². The van der Waals surface area contributed by atoms with Crippen LogP contribution in [0.15, 0.2) is 28.1 Å². The summed E-state index contributed by atoms with van der Waals surface area (Å²) in [6.07, 6.45) is 0. The molecule has 0 saturated heterocycles. The molecular weight excluding hydrogens is 372 g/mol. The molecule has 0 spiro atoms. The number of hydrogen-bond donors (Lipinski definition) is 1. The van der Waals surface area contributed by atoms with Gasteiger partial charge < -0.3 is 5.32 Å². The van der Waals surface area contributed by atoms with E-state index in [1.807, 2.05) is 18.4 Å². The normalized spacial score (nSPS) is 12.7. The van der Waals surface area contributed by atoms with E-state index in [2.05, 4.69) is 21.2 Å². The Balaban J connectivity index is 2.52. The minimum absolute atomic E-state index is 0.0908. The monoisotopic (exact) mass is 381 g/mol. The zero-order valence-electron chi connectivity index (χ0n) is 10.0. The lowest BCUT2D eigenvalue weighted by Gasteiger charge is -2.19. The largest absolute Gasteiger partial charge is 0.306 e. The number of hydrogen-bond acceptors (Lipinski definition) is 2. The third kappa shape index (κ3) is 3.14. The van der Waals surface area contributed by atoms with Crippen LogP contribution in [-0.2, 0) is 0 Å². The first-order valence-electron chi connectivity index (χ1n) is 5.66. The fourth-order valence-corrected chi connectivity index (χ4v) is 3.56. The van der Waals surface area contributed by atoms with Gasteiger partial charge in [-0.1, -0.05) is 36.2 Å². The molecule has 2 rings (SSSR count). The summed E-state index contributed by atoms with van der Waals surface area (Å²) in [5, 5.41) is 5.86. The van der Waals surface area contributed by atoms with Crippen molar-refractivity contribution in [1.82, 2.24) is 5.32 Å². The van der Waals surface area contributed by atoms with Crippen LogP contribution >= 0.6 is 50.5 Å². The van der Waals surface area contributed by atoms with Crippen molar-refractivity contribution in [3.05, 3.63) is 54.4 Å². The first-order valence-corrected chi connectivity index (χ1v) is 8.08. The van der Waals surface area contributed by atoms with Crippen LogP contribution in [0, 0.1) is 5.82 Å². The summed E-state index contributed by atoms with van der Waals surface area (Å²) in [7, 11) is 0. The fraction of sp³-hybridized carbons (Fsp3) is 0.231. The molecule has 0 bridgehead atoms. The summed E-state index contributed by atoms with van der Waals surface area (Å²) >= 11 is 16.8. The van der Waals surface area contributed by atoms with Crippen molar-refractivity contribution < 1.29 is 4.39 Å². The highest BCUT2D eigenvalue weighted by atomic mass is 79.9. The first-order chi connectivity index (χ1) is 9.06. The van der Waals surface area contributed by atoms with Crippen LogP contribution in [0.3, 0.4) is 0 Å². The zero-order valence-corrected chi connectivity index (χ0v) is 13.9. The second-order valence-corrected chi connectivity index (χ2v) is 6.48. The smallest absolute Gasteiger partial charge is 0.148 e. The highest BCUT2D eigenvalue weighted by molar-refractivity contribution is 9.10. The average Bonchev–Trinajstić information content (AvgIpc) is 2.80. The molecule has 1 aromatic heterocycles. The Bertz CT molecular complexity index is 588. The van der Waals surface area contributed by atoms with Gasteiger partial charge in [0.15, 0.2) is 0 Å². The van der Waals surface area contributed by atoms with Crippen LogP contribution in [0.5, 0.6) is 0 Å². The number of halogens is 4. The Morgan fingerprint density at radius 1 is 1.37 bits per heavy atom. The molecule has 1 heterocycles. The Morgan fingerprint density at radius 2 is 2.11 bits per heavy atom. The summed E-state index contributed by atoms with van der Waals surface area (Å²) in [5.74, 6) is -0.425. The summed E-state index contributed by atoms with van der Waals surface area (Å²) in [4.78, 5) is 0.890. The molecule has 1 unspecified atom stereocenters. The van der Waals surface area contributed by atoms with Crippen LogP contribution < -0.4 is 5.32 Å². The van der Waals surface area contributed by atoms with Gasteiger partial charge >= 0.3 is 0 Å². The van der Waals surface area contributed by atoms with Crippen molar-refractivity contribution >= 4 is 50.5 Å². The number of benzene rings is 1. The molecule has 0 aliphatic carbocycles. The maximum atomic E-state index is 14.3. The lowest BCUT2D eigenvalue weighted by molar-refractivity contribution is 0.563. The third-order valence-electron chi connectivity index (χ3n) is 2.69. The third-order valence-corrected chi connectivity index (χ3v) is 5.37. The lowest BCUT2D eigenvalue weighted by Crippen LogP contribution is -2.22. The fourth-order valence-electron chi connectivity index (χ4n) is 1.82. The molecule has 0 saturated carbocycles. The van der Waals surface area contributed by atoms with Gasteiger partial charge in [0, 0.05) is 14.9 Å². The van der Waals surface area contributed by atoms with Gasteiger partial charge in [-0.15, -0.1) is 11.3 Å². The Hall–Kier alpha value is -0.130. The predicted octanol–water partition coefficient (Wildman–Crippen LogP) is 5.66. The van der Waals surface area contributed by atoms with E-state index < -0.39 is 5.82 Å². The van der Waals surface area contributed by atoms with E-state index in [9.17, 15) is 4.39 Å². The van der Waals surface area contributed by atoms with Gasteiger partial charge in [-0.3, -0.25) is 0 Å². The predicted molar refractivity (Wildman–Crippen MR) is 84.0 cm³/mol. The molecule has 0 amide bonds. The van der Waals surface area contributed by atoms with Crippen molar-refractivity contribution in [2.75, 3.05) is 6.54 Å². The van der Waals surface area contributed by atoms with Gasteiger partial charge in [0.2, 0.25) is 0 Å². The van der Waals surface area contributed by atoms with E-state index in [1.54, 1.807) is 12.1 Å². The minimum Gasteiger partial charge on any atom is -0.306 e. The topological polar surface area (TPSA) is 12.0 Å². The molecule has 6 heteroatoms. The number of thiophene rings is 1. The maximum Gasteiger partial charge on any atom is 0.148 e. The summed E-state index contributed by atoms with van der Waals surface area (Å²) in [6, 6.07) is 4.98. The van der Waals surface area contributed by atoms with Gasteiger partial charge in [0.25, 0.3) is 0 Å². The molecule has 102 valence electrons. The van der Waals surface area contributed by atoms with Crippen LogP contribution in [0.25, 0.3) is 0 Å². The van der Waals surface area contributed by atoms with Gasteiger partial charge in [-0.05, 0) is 40.0 Å². The standard InChI is InChI=1S/C13H11BrCl2FNS/c1-2-18-12(13-9(15)5-6-19-13)7-3-4-8(14)10(16)11(7)17/h3-6,12,18H,2H2,1H3. The van der Waals surface area contributed by atoms with E-state index in [0.29, 0.717) is 21.6 Å².